The van der Waals surface area contributed by atoms with Crippen molar-refractivity contribution in [1.82, 2.24) is 0 Å². The summed E-state index contributed by atoms with van der Waals surface area (Å²) in [5.74, 6) is 1.55. The zero-order valence-corrected chi connectivity index (χ0v) is 14.6. The van der Waals surface area contributed by atoms with E-state index in [2.05, 4.69) is 35.5 Å². The molecule has 0 spiro atoms. The normalized spacial score (nSPS) is 12.0. The van der Waals surface area contributed by atoms with E-state index >= 15 is 0 Å². The molecule has 0 heterocycles. The average Bonchev–Trinajstić information content (AvgIpc) is 2.46. The molecule has 1 aromatic carbocycles. The third-order valence-electron chi connectivity index (χ3n) is 3.19. The van der Waals surface area contributed by atoms with Gasteiger partial charge in [0.25, 0.3) is 0 Å². The van der Waals surface area contributed by atoms with Gasteiger partial charge in [0.1, 0.15) is 0 Å². The largest absolute Gasteiger partial charge is 0.490 e. The van der Waals surface area contributed by atoms with Crippen molar-refractivity contribution in [2.24, 2.45) is 5.73 Å². The van der Waals surface area contributed by atoms with Crippen LogP contribution in [0.2, 0.25) is 0 Å². The van der Waals surface area contributed by atoms with Gasteiger partial charge in [-0.05, 0) is 66.2 Å². The lowest BCUT2D eigenvalue weighted by Crippen LogP contribution is -2.21. The summed E-state index contributed by atoms with van der Waals surface area (Å²) in [4.78, 5) is 0. The first-order valence-electron chi connectivity index (χ1n) is 7.56. The molecule has 0 aliphatic carbocycles. The quantitative estimate of drug-likeness (QED) is 0.497. The summed E-state index contributed by atoms with van der Waals surface area (Å²) >= 11 is 3.58. The molecule has 0 radical (unpaired) electrons. The van der Waals surface area contributed by atoms with Crippen molar-refractivity contribution in [1.29, 1.82) is 0 Å². The lowest BCUT2D eigenvalue weighted by Gasteiger charge is -2.16. The molecule has 118 valence electrons. The zero-order valence-electron chi connectivity index (χ0n) is 13.0. The van der Waals surface area contributed by atoms with E-state index in [1.165, 1.54) is 0 Å². The first-order chi connectivity index (χ1) is 10.1. The Hall–Kier alpha value is -1.00. The highest BCUT2D eigenvalue weighted by Gasteiger charge is 2.13. The van der Waals surface area contributed by atoms with Crippen molar-refractivity contribution >= 4 is 15.9 Å². The maximum atomic E-state index is 6.03. The molecule has 1 aromatic rings. The molecule has 2 N–H and O–H groups in total. The molecule has 1 atom stereocenters. The second-order valence-electron chi connectivity index (χ2n) is 4.99. The summed E-state index contributed by atoms with van der Waals surface area (Å²) in [6.07, 6.45) is 5.60. The molecular formula is C17H26BrNO2. The lowest BCUT2D eigenvalue weighted by atomic mass is 10.0. The monoisotopic (exact) mass is 355 g/mol. The van der Waals surface area contributed by atoms with Gasteiger partial charge in [-0.25, -0.2) is 0 Å². The van der Waals surface area contributed by atoms with Gasteiger partial charge in [0.2, 0.25) is 0 Å². The first kappa shape index (κ1) is 18.1. The topological polar surface area (TPSA) is 44.5 Å². The van der Waals surface area contributed by atoms with Crippen LogP contribution in [0.4, 0.5) is 0 Å². The summed E-state index contributed by atoms with van der Waals surface area (Å²) in [5.41, 5.74) is 7.20. The van der Waals surface area contributed by atoms with Gasteiger partial charge in [0.15, 0.2) is 11.5 Å². The van der Waals surface area contributed by atoms with Crippen LogP contribution in [-0.2, 0) is 6.42 Å². The first-order valence-corrected chi connectivity index (χ1v) is 8.36. The molecule has 21 heavy (non-hydrogen) atoms. The summed E-state index contributed by atoms with van der Waals surface area (Å²) in [6.45, 7) is 9.05. The van der Waals surface area contributed by atoms with Gasteiger partial charge in [0.05, 0.1) is 17.7 Å². The summed E-state index contributed by atoms with van der Waals surface area (Å²) in [5, 5.41) is 0. The smallest absolute Gasteiger partial charge is 0.175 e. The molecule has 1 rings (SSSR count). The zero-order chi connectivity index (χ0) is 15.7. The van der Waals surface area contributed by atoms with Crippen molar-refractivity contribution in [2.45, 2.75) is 45.6 Å². The lowest BCUT2D eigenvalue weighted by molar-refractivity contribution is 0.272. The van der Waals surface area contributed by atoms with Crippen LogP contribution in [0.25, 0.3) is 0 Å². The average molecular weight is 356 g/mol. The molecule has 1 unspecified atom stereocenters. The molecular weight excluding hydrogens is 330 g/mol. The van der Waals surface area contributed by atoms with Gasteiger partial charge in [-0.1, -0.05) is 13.0 Å². The fraction of sp³-hybridized carbons (Fsp3) is 0.529. The number of benzene rings is 1. The third-order valence-corrected chi connectivity index (χ3v) is 3.78. The van der Waals surface area contributed by atoms with Crippen LogP contribution in [0.15, 0.2) is 29.3 Å². The van der Waals surface area contributed by atoms with Crippen molar-refractivity contribution in [3.8, 4) is 11.5 Å². The van der Waals surface area contributed by atoms with Gasteiger partial charge in [-0.2, -0.15) is 0 Å². The van der Waals surface area contributed by atoms with E-state index in [4.69, 9.17) is 15.2 Å². The van der Waals surface area contributed by atoms with Crippen LogP contribution in [0.3, 0.4) is 0 Å². The molecule has 0 bridgehead atoms. The number of halogens is 1. The number of nitrogens with two attached hydrogens (primary N) is 1. The Morgan fingerprint density at radius 1 is 1.33 bits per heavy atom. The van der Waals surface area contributed by atoms with Crippen LogP contribution in [0.1, 0.15) is 38.7 Å². The number of unbranched alkanes of at least 4 members (excludes halogenated alkanes) is 1. The van der Waals surface area contributed by atoms with Crippen LogP contribution >= 0.6 is 15.9 Å². The van der Waals surface area contributed by atoms with Gasteiger partial charge in [-0.3, -0.25) is 0 Å². The van der Waals surface area contributed by atoms with E-state index in [1.54, 1.807) is 0 Å². The molecule has 0 aliphatic rings. The number of hydrogen-bond acceptors (Lipinski definition) is 3. The Balaban J connectivity index is 2.87. The van der Waals surface area contributed by atoms with Crippen molar-refractivity contribution in [3.05, 3.63) is 34.8 Å². The van der Waals surface area contributed by atoms with E-state index in [1.807, 2.05) is 19.1 Å². The number of ether oxygens (including phenoxy) is 2. The summed E-state index contributed by atoms with van der Waals surface area (Å²) < 4.78 is 12.5. The minimum atomic E-state index is 0.172. The van der Waals surface area contributed by atoms with E-state index in [9.17, 15) is 0 Å². The molecule has 3 nitrogen and oxygen atoms in total. The van der Waals surface area contributed by atoms with Gasteiger partial charge < -0.3 is 15.2 Å². The van der Waals surface area contributed by atoms with E-state index < -0.39 is 0 Å². The van der Waals surface area contributed by atoms with Crippen LogP contribution in [0.5, 0.6) is 11.5 Å². The Kier molecular flexibility index (Phi) is 8.47. The van der Waals surface area contributed by atoms with Gasteiger partial charge >= 0.3 is 0 Å². The Bertz CT molecular complexity index is 449. The predicted molar refractivity (Wildman–Crippen MR) is 92.2 cm³/mol. The van der Waals surface area contributed by atoms with Crippen molar-refractivity contribution in [2.75, 3.05) is 13.2 Å². The van der Waals surface area contributed by atoms with Crippen LogP contribution < -0.4 is 15.2 Å². The summed E-state index contributed by atoms with van der Waals surface area (Å²) in [6, 6.07) is 4.28. The number of allylic oxidation sites excluding steroid dienone is 1. The molecule has 0 amide bonds. The minimum Gasteiger partial charge on any atom is -0.490 e. The van der Waals surface area contributed by atoms with Crippen LogP contribution in [0, 0.1) is 0 Å². The van der Waals surface area contributed by atoms with Crippen molar-refractivity contribution < 1.29 is 9.47 Å². The fourth-order valence-electron chi connectivity index (χ4n) is 1.99. The minimum absolute atomic E-state index is 0.172. The molecule has 0 saturated carbocycles. The molecule has 0 aromatic heterocycles. The second-order valence-corrected chi connectivity index (χ2v) is 5.84. The number of rotatable bonds is 10. The summed E-state index contributed by atoms with van der Waals surface area (Å²) in [7, 11) is 0. The molecule has 4 heteroatoms. The molecule has 0 saturated heterocycles. The predicted octanol–water partition coefficient (Wildman–Crippen LogP) is 4.47. The fourth-order valence-corrected chi connectivity index (χ4v) is 2.60. The SMILES string of the molecule is C=CCCCOc1c(Br)cc(CC(N)CC)cc1OCC. The standard InChI is InChI=1S/C17H26BrNO2/c1-4-7-8-9-21-17-15(18)11-13(10-14(19)5-2)12-16(17)20-6-3/h4,11-12,14H,1,5-10,19H2,2-3H3. The third kappa shape index (κ3) is 6.10. The van der Waals surface area contributed by atoms with E-state index in [0.717, 1.165) is 47.2 Å². The molecule has 0 fully saturated rings. The maximum absolute atomic E-state index is 6.03. The van der Waals surface area contributed by atoms with Gasteiger partial charge in [-0.15, -0.1) is 6.58 Å². The van der Waals surface area contributed by atoms with E-state index in [0.29, 0.717) is 13.2 Å². The van der Waals surface area contributed by atoms with Crippen molar-refractivity contribution in [3.63, 3.8) is 0 Å². The maximum Gasteiger partial charge on any atom is 0.175 e. The highest BCUT2D eigenvalue weighted by atomic mass is 79.9. The Labute approximate surface area is 136 Å². The molecule has 0 aliphatic heterocycles. The Morgan fingerprint density at radius 3 is 2.71 bits per heavy atom. The second kappa shape index (κ2) is 9.85. The number of hydrogen-bond donors (Lipinski definition) is 1. The highest BCUT2D eigenvalue weighted by Crippen LogP contribution is 2.37. The van der Waals surface area contributed by atoms with E-state index in [-0.39, 0.29) is 6.04 Å². The van der Waals surface area contributed by atoms with Gasteiger partial charge in [0, 0.05) is 6.04 Å². The Morgan fingerprint density at radius 2 is 2.10 bits per heavy atom. The van der Waals surface area contributed by atoms with Crippen LogP contribution in [-0.4, -0.2) is 19.3 Å². The highest BCUT2D eigenvalue weighted by molar-refractivity contribution is 9.10.